The van der Waals surface area contributed by atoms with E-state index >= 15 is 0 Å². The zero-order valence-electron chi connectivity index (χ0n) is 14.7. The Kier molecular flexibility index (Phi) is 6.17. The summed E-state index contributed by atoms with van der Waals surface area (Å²) in [6.07, 6.45) is 0.889. The van der Waals surface area contributed by atoms with Crippen LogP contribution in [-0.2, 0) is 14.1 Å². The SMILES string of the molecule is CCN1CCN(CCCNc2c(C#N)c(=O)n(C)c(=O)n2C)CC1. The second kappa shape index (κ2) is 8.13. The van der Waals surface area contributed by atoms with Crippen molar-refractivity contribution < 1.29 is 0 Å². The summed E-state index contributed by atoms with van der Waals surface area (Å²) in [5.41, 5.74) is -1.01. The fourth-order valence-corrected chi connectivity index (χ4v) is 2.99. The van der Waals surface area contributed by atoms with Crippen LogP contribution in [0.4, 0.5) is 5.82 Å². The van der Waals surface area contributed by atoms with Crippen molar-refractivity contribution in [2.24, 2.45) is 14.1 Å². The molecule has 1 aromatic heterocycles. The Labute approximate surface area is 141 Å². The number of hydrogen-bond donors (Lipinski definition) is 1. The number of nitrogens with one attached hydrogen (secondary N) is 1. The van der Waals surface area contributed by atoms with Crippen LogP contribution in [-0.4, -0.2) is 64.7 Å². The third-order valence-corrected chi connectivity index (χ3v) is 4.63. The van der Waals surface area contributed by atoms with E-state index in [0.29, 0.717) is 12.4 Å². The maximum Gasteiger partial charge on any atom is 0.332 e. The third-order valence-electron chi connectivity index (χ3n) is 4.63. The first-order valence-corrected chi connectivity index (χ1v) is 8.38. The van der Waals surface area contributed by atoms with Gasteiger partial charge in [0.15, 0.2) is 5.56 Å². The highest BCUT2D eigenvalue weighted by atomic mass is 16.2. The van der Waals surface area contributed by atoms with E-state index < -0.39 is 11.2 Å². The van der Waals surface area contributed by atoms with Crippen LogP contribution in [0.1, 0.15) is 18.9 Å². The van der Waals surface area contributed by atoms with Gasteiger partial charge in [0.05, 0.1) is 0 Å². The van der Waals surface area contributed by atoms with Crippen LogP contribution in [0.25, 0.3) is 0 Å². The van der Waals surface area contributed by atoms with E-state index in [0.717, 1.165) is 50.3 Å². The van der Waals surface area contributed by atoms with E-state index in [1.54, 1.807) is 7.05 Å². The quantitative estimate of drug-likeness (QED) is 0.699. The minimum absolute atomic E-state index is 0.0174. The van der Waals surface area contributed by atoms with Crippen molar-refractivity contribution >= 4 is 5.82 Å². The van der Waals surface area contributed by atoms with Gasteiger partial charge >= 0.3 is 5.69 Å². The van der Waals surface area contributed by atoms with Gasteiger partial charge in [-0.1, -0.05) is 6.92 Å². The summed E-state index contributed by atoms with van der Waals surface area (Å²) in [5, 5.41) is 12.3. The molecular formula is C16H26N6O2. The molecule has 2 rings (SSSR count). The Hall–Kier alpha value is -2.11. The number of nitrogens with zero attached hydrogens (tertiary/aromatic N) is 5. The van der Waals surface area contributed by atoms with E-state index in [4.69, 9.17) is 0 Å². The molecule has 24 heavy (non-hydrogen) atoms. The molecule has 8 heteroatoms. The first-order chi connectivity index (χ1) is 11.5. The summed E-state index contributed by atoms with van der Waals surface area (Å²) in [7, 11) is 2.94. The summed E-state index contributed by atoms with van der Waals surface area (Å²) in [6, 6.07) is 1.90. The predicted molar refractivity (Wildman–Crippen MR) is 93.3 cm³/mol. The maximum atomic E-state index is 12.0. The van der Waals surface area contributed by atoms with Crippen LogP contribution in [0.5, 0.6) is 0 Å². The van der Waals surface area contributed by atoms with Crippen LogP contribution < -0.4 is 16.6 Å². The highest BCUT2D eigenvalue weighted by Crippen LogP contribution is 2.07. The molecule has 2 heterocycles. The second-order valence-electron chi connectivity index (χ2n) is 6.10. The summed E-state index contributed by atoms with van der Waals surface area (Å²) in [4.78, 5) is 28.8. The fourth-order valence-electron chi connectivity index (χ4n) is 2.99. The number of likely N-dealkylation sites (N-methyl/N-ethyl adjacent to an activating group) is 1. The van der Waals surface area contributed by atoms with E-state index in [2.05, 4.69) is 22.0 Å². The van der Waals surface area contributed by atoms with Crippen molar-refractivity contribution in [1.82, 2.24) is 18.9 Å². The molecule has 1 saturated heterocycles. The molecule has 132 valence electrons. The van der Waals surface area contributed by atoms with Crippen LogP contribution in [0.3, 0.4) is 0 Å². The number of piperazine rings is 1. The summed E-state index contributed by atoms with van der Waals surface area (Å²) >= 11 is 0. The molecule has 1 N–H and O–H groups in total. The topological polar surface area (TPSA) is 86.3 Å². The predicted octanol–water partition coefficient (Wildman–Crippen LogP) is -0.605. The normalized spacial score (nSPS) is 16.1. The molecule has 1 aromatic rings. The molecule has 1 fully saturated rings. The molecule has 0 spiro atoms. The molecule has 8 nitrogen and oxygen atoms in total. The molecule has 1 aliphatic rings. The zero-order valence-corrected chi connectivity index (χ0v) is 14.7. The number of anilines is 1. The summed E-state index contributed by atoms with van der Waals surface area (Å²) < 4.78 is 2.27. The number of rotatable bonds is 6. The van der Waals surface area contributed by atoms with E-state index in [1.807, 2.05) is 6.07 Å². The monoisotopic (exact) mass is 334 g/mol. The first-order valence-electron chi connectivity index (χ1n) is 8.38. The van der Waals surface area contributed by atoms with E-state index in [9.17, 15) is 14.9 Å². The van der Waals surface area contributed by atoms with Gasteiger partial charge in [-0.3, -0.25) is 13.9 Å². The lowest BCUT2D eigenvalue weighted by atomic mass is 10.2. The van der Waals surface area contributed by atoms with Gasteiger partial charge in [0.1, 0.15) is 11.9 Å². The average molecular weight is 334 g/mol. The number of hydrogen-bond acceptors (Lipinski definition) is 6. The highest BCUT2D eigenvalue weighted by Gasteiger charge is 2.16. The van der Waals surface area contributed by atoms with Crippen molar-refractivity contribution in [2.45, 2.75) is 13.3 Å². The molecule has 1 aliphatic heterocycles. The lowest BCUT2D eigenvalue weighted by Gasteiger charge is -2.34. The Balaban J connectivity index is 1.93. The Morgan fingerprint density at radius 2 is 1.71 bits per heavy atom. The Morgan fingerprint density at radius 3 is 2.29 bits per heavy atom. The second-order valence-corrected chi connectivity index (χ2v) is 6.10. The molecule has 0 saturated carbocycles. The van der Waals surface area contributed by atoms with Crippen LogP contribution in [0, 0.1) is 11.3 Å². The number of nitriles is 1. The number of aromatic nitrogens is 2. The molecular weight excluding hydrogens is 308 g/mol. The van der Waals surface area contributed by atoms with Gasteiger partial charge in [0.25, 0.3) is 5.56 Å². The van der Waals surface area contributed by atoms with Gasteiger partial charge < -0.3 is 15.1 Å². The van der Waals surface area contributed by atoms with Crippen LogP contribution in [0.2, 0.25) is 0 Å². The largest absolute Gasteiger partial charge is 0.370 e. The van der Waals surface area contributed by atoms with E-state index in [1.165, 1.54) is 11.6 Å². The van der Waals surface area contributed by atoms with Gasteiger partial charge in [-0.15, -0.1) is 0 Å². The third kappa shape index (κ3) is 3.86. The van der Waals surface area contributed by atoms with E-state index in [-0.39, 0.29) is 5.56 Å². The fraction of sp³-hybridized carbons (Fsp3) is 0.688. The van der Waals surface area contributed by atoms with Crippen molar-refractivity contribution in [3.05, 3.63) is 26.4 Å². The Bertz CT molecular complexity index is 722. The molecule has 0 aliphatic carbocycles. The van der Waals surface area contributed by atoms with Crippen molar-refractivity contribution in [1.29, 1.82) is 5.26 Å². The minimum Gasteiger partial charge on any atom is -0.370 e. The van der Waals surface area contributed by atoms with Crippen molar-refractivity contribution in [2.75, 3.05) is 51.1 Å². The highest BCUT2D eigenvalue weighted by molar-refractivity contribution is 5.51. The maximum absolute atomic E-state index is 12.0. The average Bonchev–Trinajstić information content (AvgIpc) is 2.61. The zero-order chi connectivity index (χ0) is 17.7. The molecule has 0 amide bonds. The minimum atomic E-state index is -0.557. The van der Waals surface area contributed by atoms with Crippen molar-refractivity contribution in [3.63, 3.8) is 0 Å². The molecule has 0 bridgehead atoms. The van der Waals surface area contributed by atoms with Gasteiger partial charge in [0.2, 0.25) is 0 Å². The Morgan fingerprint density at radius 1 is 1.08 bits per heavy atom. The first kappa shape index (κ1) is 18.2. The molecule has 0 atom stereocenters. The standard InChI is InChI=1S/C16H26N6O2/c1-4-21-8-10-22(11-9-21)7-5-6-18-14-13(12-17)15(23)20(3)16(24)19(14)2/h18H,4-11H2,1-3H3. The molecule has 0 unspecified atom stereocenters. The summed E-state index contributed by atoms with van der Waals surface area (Å²) in [6.45, 7) is 9.21. The molecule has 0 aromatic carbocycles. The van der Waals surface area contributed by atoms with Gasteiger partial charge in [-0.2, -0.15) is 5.26 Å². The van der Waals surface area contributed by atoms with Crippen molar-refractivity contribution in [3.8, 4) is 6.07 Å². The lowest BCUT2D eigenvalue weighted by molar-refractivity contribution is 0.137. The van der Waals surface area contributed by atoms with Crippen LogP contribution in [0.15, 0.2) is 9.59 Å². The summed E-state index contributed by atoms with van der Waals surface area (Å²) in [5.74, 6) is 0.307. The lowest BCUT2D eigenvalue weighted by Crippen LogP contribution is -2.46. The molecule has 0 radical (unpaired) electrons. The van der Waals surface area contributed by atoms with Crippen LogP contribution >= 0.6 is 0 Å². The van der Waals surface area contributed by atoms with Gasteiger partial charge in [0, 0.05) is 46.8 Å². The van der Waals surface area contributed by atoms with Gasteiger partial charge in [-0.05, 0) is 19.5 Å². The smallest absolute Gasteiger partial charge is 0.332 e. The van der Waals surface area contributed by atoms with Gasteiger partial charge in [-0.25, -0.2) is 4.79 Å².